The number of benzene rings is 2. The van der Waals surface area contributed by atoms with E-state index in [9.17, 15) is 4.39 Å². The highest BCUT2D eigenvalue weighted by molar-refractivity contribution is 9.10. The van der Waals surface area contributed by atoms with Gasteiger partial charge in [-0.3, -0.25) is 0 Å². The predicted octanol–water partition coefficient (Wildman–Crippen LogP) is 4.39. The summed E-state index contributed by atoms with van der Waals surface area (Å²) >= 11 is 8.60. The van der Waals surface area contributed by atoms with Crippen molar-refractivity contribution in [3.8, 4) is 11.4 Å². The van der Waals surface area contributed by atoms with Crippen LogP contribution in [0.25, 0.3) is 11.4 Å². The van der Waals surface area contributed by atoms with Crippen LogP contribution in [0.3, 0.4) is 0 Å². The average molecular weight is 377 g/mol. The fourth-order valence-corrected chi connectivity index (χ4v) is 2.49. The molecule has 0 radical (unpaired) electrons. The first-order chi connectivity index (χ1) is 10.6. The van der Waals surface area contributed by atoms with Crippen molar-refractivity contribution in [1.82, 2.24) is 14.9 Å². The van der Waals surface area contributed by atoms with E-state index in [1.54, 1.807) is 18.3 Å². The molecule has 0 aliphatic carbocycles. The molecule has 1 aromatic heterocycles. The highest BCUT2D eigenvalue weighted by atomic mass is 79.9. The second kappa shape index (κ2) is 6.33. The van der Waals surface area contributed by atoms with Gasteiger partial charge in [0, 0.05) is 10.0 Å². The fraction of sp³-hybridized carbons (Fsp3) is 0. The van der Waals surface area contributed by atoms with Crippen LogP contribution in [0, 0.1) is 10.6 Å². The van der Waals surface area contributed by atoms with E-state index in [-0.39, 0.29) is 5.82 Å². The molecule has 2 aromatic carbocycles. The van der Waals surface area contributed by atoms with Gasteiger partial charge in [-0.1, -0.05) is 28.1 Å². The van der Waals surface area contributed by atoms with Crippen LogP contribution in [0.4, 0.5) is 4.39 Å². The largest absolute Gasteiger partial charge is 0.250 e. The highest BCUT2D eigenvalue weighted by Gasteiger charge is 2.08. The zero-order valence-electron chi connectivity index (χ0n) is 11.2. The second-order valence-corrected chi connectivity index (χ2v) is 5.77. The summed E-state index contributed by atoms with van der Waals surface area (Å²) in [5.74, 6) is 0.221. The molecule has 3 aromatic rings. The van der Waals surface area contributed by atoms with Gasteiger partial charge in [-0.15, -0.1) is 0 Å². The zero-order chi connectivity index (χ0) is 15.5. The number of hydrogen-bond donors (Lipinski definition) is 1. The molecule has 0 atom stereocenters. The number of aromatic amines is 1. The van der Waals surface area contributed by atoms with Crippen molar-refractivity contribution in [2.75, 3.05) is 0 Å². The lowest BCUT2D eigenvalue weighted by Gasteiger charge is -2.01. The Morgan fingerprint density at radius 1 is 1.23 bits per heavy atom. The van der Waals surface area contributed by atoms with Crippen molar-refractivity contribution in [1.29, 1.82) is 0 Å². The topological polar surface area (TPSA) is 46.0 Å². The summed E-state index contributed by atoms with van der Waals surface area (Å²) in [7, 11) is 0. The molecule has 0 fully saturated rings. The van der Waals surface area contributed by atoms with Crippen LogP contribution in [0.2, 0.25) is 0 Å². The molecule has 0 saturated heterocycles. The third-order valence-corrected chi connectivity index (χ3v) is 3.68. The van der Waals surface area contributed by atoms with E-state index in [2.05, 4.69) is 31.2 Å². The molecule has 1 heterocycles. The van der Waals surface area contributed by atoms with E-state index < -0.39 is 0 Å². The van der Waals surface area contributed by atoms with Gasteiger partial charge in [0.1, 0.15) is 5.82 Å². The summed E-state index contributed by atoms with van der Waals surface area (Å²) in [5.41, 5.74) is 1.64. The standard InChI is InChI=1S/C15H10BrFN4S/c16-12-3-1-2-10(8-12)9-18-21-14(19-20-15(21)22)11-4-6-13(17)7-5-11/h1-9H,(H,20,22)/b18-9-. The summed E-state index contributed by atoms with van der Waals surface area (Å²) in [6, 6.07) is 13.7. The van der Waals surface area contributed by atoms with E-state index in [0.29, 0.717) is 10.6 Å². The lowest BCUT2D eigenvalue weighted by atomic mass is 10.2. The maximum atomic E-state index is 13.0. The normalized spacial score (nSPS) is 11.2. The minimum absolute atomic E-state index is 0.304. The van der Waals surface area contributed by atoms with Gasteiger partial charge < -0.3 is 0 Å². The number of H-pyrrole nitrogens is 1. The molecule has 0 saturated carbocycles. The van der Waals surface area contributed by atoms with Gasteiger partial charge in [-0.05, 0) is 54.2 Å². The van der Waals surface area contributed by atoms with Crippen molar-refractivity contribution >= 4 is 34.4 Å². The Morgan fingerprint density at radius 3 is 2.73 bits per heavy atom. The molecule has 0 amide bonds. The molecule has 7 heteroatoms. The van der Waals surface area contributed by atoms with Crippen molar-refractivity contribution in [3.05, 3.63) is 69.2 Å². The number of aromatic nitrogens is 3. The van der Waals surface area contributed by atoms with Crippen molar-refractivity contribution < 1.29 is 4.39 Å². The molecule has 3 rings (SSSR count). The molecule has 22 heavy (non-hydrogen) atoms. The first-order valence-corrected chi connectivity index (χ1v) is 7.57. The SMILES string of the molecule is Fc1ccc(-c2n[nH]c(=S)n2/N=C\c2cccc(Br)c2)cc1. The van der Waals surface area contributed by atoms with E-state index >= 15 is 0 Å². The molecular weight excluding hydrogens is 367 g/mol. The predicted molar refractivity (Wildman–Crippen MR) is 89.9 cm³/mol. The van der Waals surface area contributed by atoms with Crippen LogP contribution < -0.4 is 0 Å². The Kier molecular flexibility index (Phi) is 4.26. The Bertz CT molecular complexity index is 883. The number of nitrogens with one attached hydrogen (secondary N) is 1. The lowest BCUT2D eigenvalue weighted by molar-refractivity contribution is 0.628. The van der Waals surface area contributed by atoms with Gasteiger partial charge in [-0.2, -0.15) is 14.9 Å². The molecule has 0 bridgehead atoms. The summed E-state index contributed by atoms with van der Waals surface area (Å²) in [4.78, 5) is 0. The number of hydrogen-bond acceptors (Lipinski definition) is 3. The molecule has 0 spiro atoms. The zero-order valence-corrected chi connectivity index (χ0v) is 13.6. The molecular formula is C15H10BrFN4S. The Hall–Kier alpha value is -2.12. The fourth-order valence-electron chi connectivity index (χ4n) is 1.90. The molecule has 0 unspecified atom stereocenters. The third kappa shape index (κ3) is 3.20. The quantitative estimate of drug-likeness (QED) is 0.544. The van der Waals surface area contributed by atoms with Crippen molar-refractivity contribution in [2.45, 2.75) is 0 Å². The summed E-state index contributed by atoms with van der Waals surface area (Å²) in [5, 5.41) is 11.2. The van der Waals surface area contributed by atoms with Gasteiger partial charge in [0.2, 0.25) is 4.77 Å². The molecule has 0 aliphatic rings. The van der Waals surface area contributed by atoms with Crippen LogP contribution in [-0.2, 0) is 0 Å². The van der Waals surface area contributed by atoms with Gasteiger partial charge in [0.05, 0.1) is 6.21 Å². The van der Waals surface area contributed by atoms with Crippen molar-refractivity contribution in [2.24, 2.45) is 5.10 Å². The summed E-state index contributed by atoms with van der Waals surface area (Å²) in [6.07, 6.45) is 1.68. The lowest BCUT2D eigenvalue weighted by Crippen LogP contribution is -1.95. The highest BCUT2D eigenvalue weighted by Crippen LogP contribution is 2.17. The number of rotatable bonds is 3. The van der Waals surface area contributed by atoms with E-state index in [1.807, 2.05) is 24.3 Å². The first-order valence-electron chi connectivity index (χ1n) is 6.37. The van der Waals surface area contributed by atoms with Crippen molar-refractivity contribution in [3.63, 3.8) is 0 Å². The monoisotopic (exact) mass is 376 g/mol. The van der Waals surface area contributed by atoms with Gasteiger partial charge in [-0.25, -0.2) is 9.49 Å². The molecule has 4 nitrogen and oxygen atoms in total. The van der Waals surface area contributed by atoms with Gasteiger partial charge in [0.15, 0.2) is 5.82 Å². The molecule has 1 N–H and O–H groups in total. The van der Waals surface area contributed by atoms with Crippen LogP contribution in [0.5, 0.6) is 0 Å². The van der Waals surface area contributed by atoms with Crippen LogP contribution >= 0.6 is 28.1 Å². The van der Waals surface area contributed by atoms with Crippen LogP contribution in [-0.4, -0.2) is 21.1 Å². The third-order valence-electron chi connectivity index (χ3n) is 2.92. The molecule has 110 valence electrons. The van der Waals surface area contributed by atoms with Crippen LogP contribution in [0.15, 0.2) is 58.1 Å². The summed E-state index contributed by atoms with van der Waals surface area (Å²) < 4.78 is 15.9. The van der Waals surface area contributed by atoms with Crippen LogP contribution in [0.1, 0.15) is 5.56 Å². The van der Waals surface area contributed by atoms with E-state index in [1.165, 1.54) is 16.8 Å². The minimum atomic E-state index is -0.304. The Labute approximate surface area is 139 Å². The van der Waals surface area contributed by atoms with Gasteiger partial charge in [0.25, 0.3) is 0 Å². The minimum Gasteiger partial charge on any atom is -0.250 e. The van der Waals surface area contributed by atoms with E-state index in [0.717, 1.165) is 15.6 Å². The average Bonchev–Trinajstić information content (AvgIpc) is 2.87. The Morgan fingerprint density at radius 2 is 2.00 bits per heavy atom. The maximum Gasteiger partial charge on any atom is 0.216 e. The maximum absolute atomic E-state index is 13.0. The van der Waals surface area contributed by atoms with Gasteiger partial charge >= 0.3 is 0 Å². The number of halogens is 2. The smallest absolute Gasteiger partial charge is 0.216 e. The Balaban J connectivity index is 1.99. The number of nitrogens with zero attached hydrogens (tertiary/aromatic N) is 3. The second-order valence-electron chi connectivity index (χ2n) is 4.47. The molecule has 0 aliphatic heterocycles. The summed E-state index contributed by atoms with van der Waals surface area (Å²) in [6.45, 7) is 0. The van der Waals surface area contributed by atoms with E-state index in [4.69, 9.17) is 12.2 Å². The first kappa shape index (κ1) is 14.8.